The Hall–Kier alpha value is -2.23. The van der Waals surface area contributed by atoms with E-state index in [9.17, 15) is 12.8 Å². The average molecular weight is 438 g/mol. The zero-order valence-corrected chi connectivity index (χ0v) is 17.6. The van der Waals surface area contributed by atoms with Crippen molar-refractivity contribution >= 4 is 38.2 Å². The molecule has 1 aliphatic carbocycles. The molecule has 0 fully saturated rings. The number of aromatic nitrogens is 3. The molecule has 0 radical (unpaired) electrons. The van der Waals surface area contributed by atoms with Gasteiger partial charge in [0.25, 0.3) is 0 Å². The first-order valence-electron chi connectivity index (χ1n) is 9.15. The maximum atomic E-state index is 13.9. The SMILES string of the molecule is CC(C)(F)CNS(=O)(=O)c1cc2c(c3cnc(Cl)cc13)CCC2n1nccc1N. The lowest BCUT2D eigenvalue weighted by Crippen LogP contribution is -2.35. The van der Waals surface area contributed by atoms with Gasteiger partial charge in [-0.15, -0.1) is 0 Å². The van der Waals surface area contributed by atoms with Crippen LogP contribution >= 0.6 is 11.6 Å². The zero-order chi connectivity index (χ0) is 21.0. The fraction of sp³-hybridized carbons (Fsp3) is 0.368. The van der Waals surface area contributed by atoms with E-state index in [0.717, 1.165) is 24.0 Å². The third kappa shape index (κ3) is 3.70. The molecule has 7 nitrogen and oxygen atoms in total. The highest BCUT2D eigenvalue weighted by atomic mass is 35.5. The summed E-state index contributed by atoms with van der Waals surface area (Å²) in [5, 5.41) is 5.65. The summed E-state index contributed by atoms with van der Waals surface area (Å²) in [5.74, 6) is 0.499. The molecule has 154 valence electrons. The first kappa shape index (κ1) is 20.1. The number of pyridine rings is 1. The summed E-state index contributed by atoms with van der Waals surface area (Å²) in [7, 11) is -4.00. The number of nitrogen functional groups attached to an aromatic ring is 1. The Morgan fingerprint density at radius 1 is 1.38 bits per heavy atom. The number of hydrogen-bond donors (Lipinski definition) is 2. The van der Waals surface area contributed by atoms with E-state index in [1.54, 1.807) is 29.2 Å². The highest BCUT2D eigenvalue weighted by Crippen LogP contribution is 2.41. The van der Waals surface area contributed by atoms with Gasteiger partial charge in [-0.3, -0.25) is 0 Å². The van der Waals surface area contributed by atoms with Gasteiger partial charge in [0.15, 0.2) is 0 Å². The van der Waals surface area contributed by atoms with Crippen molar-refractivity contribution in [1.82, 2.24) is 19.5 Å². The van der Waals surface area contributed by atoms with Crippen LogP contribution in [0.4, 0.5) is 10.2 Å². The van der Waals surface area contributed by atoms with E-state index in [1.807, 2.05) is 0 Å². The van der Waals surface area contributed by atoms with Gasteiger partial charge in [0.05, 0.1) is 17.1 Å². The summed E-state index contributed by atoms with van der Waals surface area (Å²) in [4.78, 5) is 4.18. The molecule has 0 amide bonds. The Morgan fingerprint density at radius 2 is 2.14 bits per heavy atom. The van der Waals surface area contributed by atoms with Gasteiger partial charge >= 0.3 is 0 Å². The number of alkyl halides is 1. The van der Waals surface area contributed by atoms with Crippen LogP contribution in [0.15, 0.2) is 35.5 Å². The van der Waals surface area contributed by atoms with E-state index in [-0.39, 0.29) is 22.6 Å². The molecule has 0 bridgehead atoms. The Morgan fingerprint density at radius 3 is 2.79 bits per heavy atom. The molecular formula is C19H21ClFN5O2S. The summed E-state index contributed by atoms with van der Waals surface area (Å²) in [6.45, 7) is 2.28. The molecule has 1 atom stereocenters. The quantitative estimate of drug-likeness (QED) is 0.596. The number of benzene rings is 1. The largest absolute Gasteiger partial charge is 0.384 e. The first-order valence-corrected chi connectivity index (χ1v) is 11.0. The summed E-state index contributed by atoms with van der Waals surface area (Å²) in [6, 6.07) is 4.66. The van der Waals surface area contributed by atoms with Gasteiger partial charge < -0.3 is 5.73 Å². The smallest absolute Gasteiger partial charge is 0.241 e. The molecule has 0 saturated heterocycles. The second-order valence-corrected chi connectivity index (χ2v) is 9.92. The van der Waals surface area contributed by atoms with Crippen molar-refractivity contribution in [3.8, 4) is 0 Å². The van der Waals surface area contributed by atoms with E-state index in [0.29, 0.717) is 16.6 Å². The molecular weight excluding hydrogens is 417 g/mol. The maximum absolute atomic E-state index is 13.9. The molecule has 1 unspecified atom stereocenters. The van der Waals surface area contributed by atoms with E-state index in [2.05, 4.69) is 14.8 Å². The Kier molecular flexibility index (Phi) is 4.79. The predicted octanol–water partition coefficient (Wildman–Crippen LogP) is 3.23. The van der Waals surface area contributed by atoms with Gasteiger partial charge in [0.1, 0.15) is 16.6 Å². The lowest BCUT2D eigenvalue weighted by atomic mass is 10.0. The highest BCUT2D eigenvalue weighted by Gasteiger charge is 2.32. The normalized spacial score (nSPS) is 17.0. The van der Waals surface area contributed by atoms with Crippen molar-refractivity contribution in [2.75, 3.05) is 12.3 Å². The fourth-order valence-corrected chi connectivity index (χ4v) is 5.34. The van der Waals surface area contributed by atoms with Gasteiger partial charge in [-0.1, -0.05) is 11.6 Å². The lowest BCUT2D eigenvalue weighted by Gasteiger charge is -2.19. The number of aryl methyl sites for hydroxylation is 1. The number of nitrogens with zero attached hydrogens (tertiary/aromatic N) is 3. The van der Waals surface area contributed by atoms with Gasteiger partial charge in [-0.2, -0.15) is 5.10 Å². The number of halogens is 2. The van der Waals surface area contributed by atoms with Crippen molar-refractivity contribution in [3.63, 3.8) is 0 Å². The van der Waals surface area contributed by atoms with Gasteiger partial charge in [-0.05, 0) is 56.0 Å². The zero-order valence-electron chi connectivity index (χ0n) is 16.0. The molecule has 3 aromatic rings. The van der Waals surface area contributed by atoms with Crippen LogP contribution in [0.3, 0.4) is 0 Å². The van der Waals surface area contributed by atoms with Crippen LogP contribution in [0.1, 0.15) is 37.4 Å². The van der Waals surface area contributed by atoms with Gasteiger partial charge in [0.2, 0.25) is 10.0 Å². The third-order valence-electron chi connectivity index (χ3n) is 5.09. The molecule has 0 aliphatic heterocycles. The molecule has 0 saturated carbocycles. The van der Waals surface area contributed by atoms with Crippen molar-refractivity contribution in [1.29, 1.82) is 0 Å². The number of anilines is 1. The van der Waals surface area contributed by atoms with Crippen molar-refractivity contribution < 1.29 is 12.8 Å². The maximum Gasteiger partial charge on any atom is 0.241 e. The third-order valence-corrected chi connectivity index (χ3v) is 6.74. The van der Waals surface area contributed by atoms with Gasteiger partial charge in [-0.25, -0.2) is 27.2 Å². The number of fused-ring (bicyclic) bond motifs is 3. The van der Waals surface area contributed by atoms with Crippen LogP contribution in [-0.4, -0.2) is 35.4 Å². The molecule has 0 spiro atoms. The molecule has 2 aromatic heterocycles. The second kappa shape index (κ2) is 6.93. The van der Waals surface area contributed by atoms with Crippen LogP contribution < -0.4 is 10.5 Å². The minimum absolute atomic E-state index is 0.0393. The fourth-order valence-electron chi connectivity index (χ4n) is 3.75. The van der Waals surface area contributed by atoms with Crippen LogP contribution in [0, 0.1) is 0 Å². The Balaban J connectivity index is 1.92. The number of hydrogen-bond acceptors (Lipinski definition) is 5. The highest BCUT2D eigenvalue weighted by molar-refractivity contribution is 7.89. The monoisotopic (exact) mass is 437 g/mol. The summed E-state index contributed by atoms with van der Waals surface area (Å²) < 4.78 is 44.1. The molecule has 10 heteroatoms. The van der Waals surface area contributed by atoms with Crippen LogP contribution in [0.25, 0.3) is 10.8 Å². The van der Waals surface area contributed by atoms with Crippen molar-refractivity contribution in [3.05, 3.63) is 46.9 Å². The Bertz CT molecular complexity index is 1200. The average Bonchev–Trinajstić information content (AvgIpc) is 3.24. The van der Waals surface area contributed by atoms with Gasteiger partial charge in [0, 0.05) is 23.5 Å². The van der Waals surface area contributed by atoms with Crippen LogP contribution in [0.5, 0.6) is 0 Å². The van der Waals surface area contributed by atoms with E-state index < -0.39 is 15.7 Å². The minimum atomic E-state index is -4.00. The molecule has 29 heavy (non-hydrogen) atoms. The van der Waals surface area contributed by atoms with Crippen LogP contribution in [-0.2, 0) is 16.4 Å². The van der Waals surface area contributed by atoms with Crippen molar-refractivity contribution in [2.45, 2.75) is 43.3 Å². The topological polar surface area (TPSA) is 103 Å². The molecule has 2 heterocycles. The molecule has 1 aromatic carbocycles. The van der Waals surface area contributed by atoms with E-state index in [1.165, 1.54) is 19.9 Å². The van der Waals surface area contributed by atoms with Crippen LogP contribution in [0.2, 0.25) is 5.15 Å². The molecule has 4 rings (SSSR count). The van der Waals surface area contributed by atoms with E-state index in [4.69, 9.17) is 17.3 Å². The standard InChI is InChI=1S/C19H21ClFN5O2S/c1-19(2,21)10-25-29(27,28)16-7-12-11(14-9-23-17(20)8-13(14)16)3-4-15(12)26-18(22)5-6-24-26/h5-9,15,25H,3-4,10,22H2,1-2H3. The number of sulfonamides is 1. The summed E-state index contributed by atoms with van der Waals surface area (Å²) in [6.07, 6.45) is 4.65. The number of nitrogens with one attached hydrogen (secondary N) is 1. The number of rotatable bonds is 5. The lowest BCUT2D eigenvalue weighted by molar-refractivity contribution is 0.221. The molecule has 1 aliphatic rings. The molecule has 3 N–H and O–H groups in total. The summed E-state index contributed by atoms with van der Waals surface area (Å²) in [5.41, 5.74) is 6.15. The second-order valence-electron chi connectivity index (χ2n) is 7.79. The predicted molar refractivity (Wildman–Crippen MR) is 110 cm³/mol. The van der Waals surface area contributed by atoms with E-state index >= 15 is 0 Å². The first-order chi connectivity index (χ1) is 13.6. The minimum Gasteiger partial charge on any atom is -0.384 e. The summed E-state index contributed by atoms with van der Waals surface area (Å²) >= 11 is 6.06. The number of nitrogens with two attached hydrogens (primary N) is 1. The Labute approximate surface area is 173 Å². The van der Waals surface area contributed by atoms with Crippen molar-refractivity contribution in [2.24, 2.45) is 0 Å².